The van der Waals surface area contributed by atoms with Gasteiger partial charge in [-0.05, 0) is 25.0 Å². The highest BCUT2D eigenvalue weighted by atomic mass is 19.3. The SMILES string of the molecule is O=C(Nc1ccc(O)c(F)c1)C1CCC(F)(F)CC1. The number of carbonyl (C=O) groups excluding carboxylic acids is 1. The predicted octanol–water partition coefficient (Wildman–Crippen LogP) is 3.30. The number of phenols is 1. The average molecular weight is 273 g/mol. The van der Waals surface area contributed by atoms with Gasteiger partial charge < -0.3 is 10.4 Å². The third-order valence-electron chi connectivity index (χ3n) is 3.30. The quantitative estimate of drug-likeness (QED) is 0.812. The number of benzene rings is 1. The van der Waals surface area contributed by atoms with Gasteiger partial charge in [0.05, 0.1) is 0 Å². The minimum Gasteiger partial charge on any atom is -0.505 e. The van der Waals surface area contributed by atoms with Crippen LogP contribution < -0.4 is 5.32 Å². The molecular formula is C13H14F3NO2. The van der Waals surface area contributed by atoms with Crippen LogP contribution in [0.3, 0.4) is 0 Å². The molecule has 0 spiro atoms. The monoisotopic (exact) mass is 273 g/mol. The summed E-state index contributed by atoms with van der Waals surface area (Å²) in [5, 5.41) is 11.5. The van der Waals surface area contributed by atoms with Crippen LogP contribution in [0.1, 0.15) is 25.7 Å². The summed E-state index contributed by atoms with van der Waals surface area (Å²) in [6.07, 6.45) is -0.344. The van der Waals surface area contributed by atoms with Gasteiger partial charge in [-0.15, -0.1) is 0 Å². The number of amides is 1. The van der Waals surface area contributed by atoms with Gasteiger partial charge in [0.2, 0.25) is 11.8 Å². The molecule has 0 aromatic heterocycles. The Hall–Kier alpha value is -1.72. The van der Waals surface area contributed by atoms with E-state index in [0.29, 0.717) is 0 Å². The van der Waals surface area contributed by atoms with E-state index in [1.165, 1.54) is 6.07 Å². The number of anilines is 1. The van der Waals surface area contributed by atoms with Crippen LogP contribution in [0.25, 0.3) is 0 Å². The summed E-state index contributed by atoms with van der Waals surface area (Å²) in [5.74, 6) is -4.89. The molecule has 6 heteroatoms. The van der Waals surface area contributed by atoms with Crippen LogP contribution in [0, 0.1) is 11.7 Å². The number of carbonyl (C=O) groups is 1. The smallest absolute Gasteiger partial charge is 0.248 e. The Morgan fingerprint density at radius 2 is 1.95 bits per heavy atom. The van der Waals surface area contributed by atoms with Crippen molar-refractivity contribution in [2.75, 3.05) is 5.32 Å². The summed E-state index contributed by atoms with van der Waals surface area (Å²) in [5.41, 5.74) is 0.206. The van der Waals surface area contributed by atoms with Crippen LogP contribution in [0.15, 0.2) is 18.2 Å². The van der Waals surface area contributed by atoms with Gasteiger partial charge in [0.15, 0.2) is 11.6 Å². The van der Waals surface area contributed by atoms with Gasteiger partial charge in [0.1, 0.15) is 0 Å². The maximum atomic E-state index is 13.1. The first kappa shape index (κ1) is 13.7. The van der Waals surface area contributed by atoms with Crippen LogP contribution in [0.4, 0.5) is 18.9 Å². The van der Waals surface area contributed by atoms with E-state index in [1.807, 2.05) is 0 Å². The number of halogens is 3. The Bertz CT molecular complexity index is 481. The highest BCUT2D eigenvalue weighted by Gasteiger charge is 2.37. The molecule has 0 atom stereocenters. The molecule has 0 heterocycles. The molecule has 3 nitrogen and oxygen atoms in total. The van der Waals surface area contributed by atoms with Crippen molar-refractivity contribution in [1.82, 2.24) is 0 Å². The normalized spacial score (nSPS) is 19.1. The molecule has 1 aromatic carbocycles. The summed E-state index contributed by atoms with van der Waals surface area (Å²) in [4.78, 5) is 11.8. The van der Waals surface area contributed by atoms with Gasteiger partial charge in [-0.3, -0.25) is 4.79 Å². The molecule has 0 aliphatic heterocycles. The molecular weight excluding hydrogens is 259 g/mol. The molecule has 1 aliphatic carbocycles. The maximum absolute atomic E-state index is 13.1. The highest BCUT2D eigenvalue weighted by Crippen LogP contribution is 2.36. The molecule has 2 N–H and O–H groups in total. The number of hydrogen-bond donors (Lipinski definition) is 2. The first-order valence-electron chi connectivity index (χ1n) is 6.04. The first-order chi connectivity index (χ1) is 8.87. The lowest BCUT2D eigenvalue weighted by atomic mass is 9.86. The lowest BCUT2D eigenvalue weighted by molar-refractivity contribution is -0.124. The molecule has 1 aliphatic rings. The summed E-state index contributed by atoms with van der Waals surface area (Å²) in [7, 11) is 0. The molecule has 0 bridgehead atoms. The molecule has 2 rings (SSSR count). The first-order valence-corrected chi connectivity index (χ1v) is 6.04. The molecule has 1 aromatic rings. The number of nitrogens with one attached hydrogen (secondary N) is 1. The third-order valence-corrected chi connectivity index (χ3v) is 3.30. The topological polar surface area (TPSA) is 49.3 Å². The van der Waals surface area contributed by atoms with E-state index < -0.39 is 23.4 Å². The number of rotatable bonds is 2. The third kappa shape index (κ3) is 3.39. The Morgan fingerprint density at radius 3 is 2.53 bits per heavy atom. The van der Waals surface area contributed by atoms with Gasteiger partial charge in [-0.2, -0.15) is 0 Å². The fraction of sp³-hybridized carbons (Fsp3) is 0.462. The van der Waals surface area contributed by atoms with Crippen LogP contribution in [-0.2, 0) is 4.79 Å². The number of phenolic OH excluding ortho intramolecular Hbond substituents is 1. The second-order valence-corrected chi connectivity index (χ2v) is 4.79. The van der Waals surface area contributed by atoms with E-state index in [4.69, 9.17) is 5.11 Å². The van der Waals surface area contributed by atoms with Crippen molar-refractivity contribution >= 4 is 11.6 Å². The van der Waals surface area contributed by atoms with Crippen molar-refractivity contribution < 1.29 is 23.1 Å². The van der Waals surface area contributed by atoms with Crippen molar-refractivity contribution in [3.63, 3.8) is 0 Å². The minimum atomic E-state index is -2.68. The number of alkyl halides is 2. The Kier molecular flexibility index (Phi) is 3.68. The average Bonchev–Trinajstić information content (AvgIpc) is 2.33. The lowest BCUT2D eigenvalue weighted by Crippen LogP contribution is -2.31. The standard InChI is InChI=1S/C13H14F3NO2/c14-10-7-9(1-2-11(10)18)17-12(19)8-3-5-13(15,16)6-4-8/h1-2,7-8,18H,3-6H2,(H,17,19). The molecule has 1 fully saturated rings. The molecule has 1 saturated carbocycles. The molecule has 0 saturated heterocycles. The summed E-state index contributed by atoms with van der Waals surface area (Å²) >= 11 is 0. The predicted molar refractivity (Wildman–Crippen MR) is 63.6 cm³/mol. The fourth-order valence-electron chi connectivity index (χ4n) is 2.13. The number of aromatic hydroxyl groups is 1. The Labute approximate surface area is 108 Å². The molecule has 0 unspecified atom stereocenters. The van der Waals surface area contributed by atoms with Crippen LogP contribution in [0.5, 0.6) is 5.75 Å². The zero-order valence-corrected chi connectivity index (χ0v) is 10.1. The Balaban J connectivity index is 1.96. The van der Waals surface area contributed by atoms with Crippen LogP contribution in [0.2, 0.25) is 0 Å². The lowest BCUT2D eigenvalue weighted by Gasteiger charge is -2.27. The summed E-state index contributed by atoms with van der Waals surface area (Å²) < 4.78 is 39.0. The minimum absolute atomic E-state index is 0.124. The van der Waals surface area contributed by atoms with Gasteiger partial charge >= 0.3 is 0 Å². The maximum Gasteiger partial charge on any atom is 0.248 e. The summed E-state index contributed by atoms with van der Waals surface area (Å²) in [6.45, 7) is 0. The van der Waals surface area contributed by atoms with E-state index in [0.717, 1.165) is 12.1 Å². The van der Waals surface area contributed by atoms with Crippen molar-refractivity contribution in [2.45, 2.75) is 31.6 Å². The molecule has 0 radical (unpaired) electrons. The van der Waals surface area contributed by atoms with Crippen molar-refractivity contribution in [3.05, 3.63) is 24.0 Å². The molecule has 19 heavy (non-hydrogen) atoms. The van der Waals surface area contributed by atoms with E-state index in [1.54, 1.807) is 0 Å². The van der Waals surface area contributed by atoms with Crippen LogP contribution in [-0.4, -0.2) is 16.9 Å². The number of hydrogen-bond acceptors (Lipinski definition) is 2. The largest absolute Gasteiger partial charge is 0.505 e. The zero-order chi connectivity index (χ0) is 14.0. The van der Waals surface area contributed by atoms with Crippen LogP contribution >= 0.6 is 0 Å². The second kappa shape index (κ2) is 5.11. The zero-order valence-electron chi connectivity index (χ0n) is 10.1. The highest BCUT2D eigenvalue weighted by molar-refractivity contribution is 5.92. The Morgan fingerprint density at radius 1 is 1.32 bits per heavy atom. The van der Waals surface area contributed by atoms with Gasteiger partial charge in [-0.1, -0.05) is 0 Å². The van der Waals surface area contributed by atoms with E-state index >= 15 is 0 Å². The van der Waals surface area contributed by atoms with Gasteiger partial charge in [-0.25, -0.2) is 13.2 Å². The van der Waals surface area contributed by atoms with Crippen molar-refractivity contribution in [3.8, 4) is 5.75 Å². The summed E-state index contributed by atoms with van der Waals surface area (Å²) in [6, 6.07) is 3.47. The van der Waals surface area contributed by atoms with Crippen molar-refractivity contribution in [1.29, 1.82) is 0 Å². The molecule has 1 amide bonds. The van der Waals surface area contributed by atoms with E-state index in [2.05, 4.69) is 5.32 Å². The van der Waals surface area contributed by atoms with Gasteiger partial charge in [0.25, 0.3) is 0 Å². The molecule has 104 valence electrons. The fourth-order valence-corrected chi connectivity index (χ4v) is 2.13. The van der Waals surface area contributed by atoms with E-state index in [9.17, 15) is 18.0 Å². The van der Waals surface area contributed by atoms with E-state index in [-0.39, 0.29) is 37.3 Å². The second-order valence-electron chi connectivity index (χ2n) is 4.79. The van der Waals surface area contributed by atoms with Gasteiger partial charge in [0, 0.05) is 30.5 Å². The van der Waals surface area contributed by atoms with Crippen molar-refractivity contribution in [2.24, 2.45) is 5.92 Å².